The summed E-state index contributed by atoms with van der Waals surface area (Å²) in [6.07, 6.45) is -17.5. The van der Waals surface area contributed by atoms with Gasteiger partial charge in [-0.25, -0.2) is 0 Å². The van der Waals surface area contributed by atoms with Crippen LogP contribution in [0.1, 0.15) is 71.1 Å². The highest BCUT2D eigenvalue weighted by molar-refractivity contribution is 5.01. The minimum atomic E-state index is -1.53. The van der Waals surface area contributed by atoms with Crippen molar-refractivity contribution in [2.24, 2.45) is 11.8 Å². The van der Waals surface area contributed by atoms with E-state index in [4.69, 9.17) is 37.9 Å². The zero-order valence-electron chi connectivity index (χ0n) is 36.7. The van der Waals surface area contributed by atoms with E-state index in [0.717, 1.165) is 5.70 Å². The Morgan fingerprint density at radius 3 is 1.25 bits per heavy atom. The number of allylic oxidation sites excluding steroid dienone is 3. The molecule has 12 N–H and O–H groups in total. The molecule has 0 spiro atoms. The van der Waals surface area contributed by atoms with E-state index in [1.165, 1.54) is 0 Å². The first-order valence-electron chi connectivity index (χ1n) is 22.7. The van der Waals surface area contributed by atoms with Gasteiger partial charge in [-0.3, -0.25) is 0 Å². The van der Waals surface area contributed by atoms with Gasteiger partial charge in [0.2, 0.25) is 0 Å². The molecule has 0 aromatic heterocycles. The number of ether oxygens (including phenoxy) is 8. The first-order valence-corrected chi connectivity index (χ1v) is 22.7. The highest BCUT2D eigenvalue weighted by Crippen LogP contribution is 2.38. The van der Waals surface area contributed by atoms with Crippen LogP contribution in [0.3, 0.4) is 0 Å². The van der Waals surface area contributed by atoms with Crippen molar-refractivity contribution in [3.8, 4) is 0 Å². The Labute approximate surface area is 374 Å². The Morgan fingerprint density at radius 1 is 0.500 bits per heavy atom. The molecule has 12 rings (SSSR count). The molecule has 0 saturated carbocycles. The van der Waals surface area contributed by atoms with E-state index in [0.29, 0.717) is 88.9 Å². The summed E-state index contributed by atoms with van der Waals surface area (Å²) in [5, 5.41) is 115. The van der Waals surface area contributed by atoms with E-state index in [2.05, 4.69) is 30.4 Å². The average Bonchev–Trinajstić information content (AvgIpc) is 3.27. The predicted molar refractivity (Wildman–Crippen MR) is 223 cm³/mol. The molecule has 0 aromatic rings. The fourth-order valence-corrected chi connectivity index (χ4v) is 9.42. The molecule has 0 radical (unpaired) electrons. The van der Waals surface area contributed by atoms with Crippen molar-refractivity contribution in [3.05, 3.63) is 36.8 Å². The number of nitrogens with zero attached hydrogens (tertiary/aromatic N) is 1. The molecular formula is C43H73N3O18. The largest absolute Gasteiger partial charge is 0.394 e. The standard InChI is InChI=1S/C43H73N3O18/c1-21(2)46(19-44-22(3)11-13-26-24-9-5-7-15-57-40-36(55)32(51)38(28(17-47)61-40)63-42(59-26)34(53)30(24)49)20-45-23(4)12-14-27-25-10-6-8-16-58-41-37(56)33(52)39(29(18-48)62-41)64-43(60-27)35(54)31(25)50/h24-45,47-56H,1,3-20H2,2H3/t24?,25?,26?,27?,28?,29?,30-,31-,32+,33+,34?,35?,36?,37?,38?,39?,40-,41-,42+,43+/m0/s1. The normalized spacial score (nSPS) is 43.2. The molecule has 12 aliphatic heterocycles. The van der Waals surface area contributed by atoms with E-state index in [1.807, 2.05) is 11.8 Å². The van der Waals surface area contributed by atoms with Gasteiger partial charge in [-0.15, -0.1) is 0 Å². The van der Waals surface area contributed by atoms with Crippen LogP contribution in [-0.4, -0.2) is 206 Å². The van der Waals surface area contributed by atoms with Crippen LogP contribution in [0.4, 0.5) is 0 Å². The number of aliphatic hydroxyl groups is 10. The Kier molecular flexibility index (Phi) is 19.0. The molecule has 64 heavy (non-hydrogen) atoms. The maximum absolute atomic E-state index is 11.3. The van der Waals surface area contributed by atoms with Gasteiger partial charge in [-0.2, -0.15) is 0 Å². The number of hydrogen-bond donors (Lipinski definition) is 12. The van der Waals surface area contributed by atoms with E-state index >= 15 is 0 Å². The summed E-state index contributed by atoms with van der Waals surface area (Å²) in [6.45, 7) is 14.3. The topological polar surface area (TPSA) is 303 Å². The second-order valence-corrected chi connectivity index (χ2v) is 18.0. The lowest BCUT2D eigenvalue weighted by Gasteiger charge is -2.47. The van der Waals surface area contributed by atoms with Crippen LogP contribution in [-0.2, 0) is 37.9 Å². The Morgan fingerprint density at radius 2 is 0.875 bits per heavy atom. The molecule has 12 fully saturated rings. The van der Waals surface area contributed by atoms with Crippen molar-refractivity contribution in [2.45, 2.75) is 182 Å². The van der Waals surface area contributed by atoms with E-state index in [1.54, 1.807) is 0 Å². The fraction of sp³-hybridized carbons (Fsp3) is 0.860. The monoisotopic (exact) mass is 919 g/mol. The summed E-state index contributed by atoms with van der Waals surface area (Å²) in [6, 6.07) is 0. The van der Waals surface area contributed by atoms with Gasteiger partial charge in [0, 0.05) is 42.1 Å². The molecule has 0 amide bonds. The van der Waals surface area contributed by atoms with Crippen LogP contribution in [0.15, 0.2) is 36.8 Å². The Hall–Kier alpha value is -2.10. The molecule has 12 saturated heterocycles. The zero-order chi connectivity index (χ0) is 46.2. The maximum Gasteiger partial charge on any atom is 0.186 e. The summed E-state index contributed by atoms with van der Waals surface area (Å²) in [7, 11) is 0. The second-order valence-electron chi connectivity index (χ2n) is 18.0. The number of nitrogens with one attached hydrogen (secondary N) is 2. The molecule has 12 heterocycles. The molecule has 368 valence electrons. The van der Waals surface area contributed by atoms with Crippen LogP contribution in [0.5, 0.6) is 0 Å². The maximum atomic E-state index is 11.3. The van der Waals surface area contributed by atoms with Gasteiger partial charge in [-0.1, -0.05) is 32.6 Å². The fourth-order valence-electron chi connectivity index (χ4n) is 9.42. The molecule has 8 bridgehead atoms. The van der Waals surface area contributed by atoms with E-state index in [9.17, 15) is 51.1 Å². The molecule has 12 aliphatic rings. The highest BCUT2D eigenvalue weighted by Gasteiger charge is 2.53. The van der Waals surface area contributed by atoms with Crippen LogP contribution in [0.2, 0.25) is 0 Å². The van der Waals surface area contributed by atoms with Gasteiger partial charge >= 0.3 is 0 Å². The van der Waals surface area contributed by atoms with Gasteiger partial charge in [-0.05, 0) is 58.3 Å². The molecule has 21 nitrogen and oxygen atoms in total. The van der Waals surface area contributed by atoms with Crippen LogP contribution >= 0.6 is 0 Å². The Balaban J connectivity index is 1.00. The summed E-state index contributed by atoms with van der Waals surface area (Å²) in [5.41, 5.74) is 2.08. The number of rotatable bonds is 15. The summed E-state index contributed by atoms with van der Waals surface area (Å²) in [5.74, 6) is -0.905. The van der Waals surface area contributed by atoms with Crippen molar-refractivity contribution < 1.29 is 89.0 Å². The lowest BCUT2D eigenvalue weighted by atomic mass is 9.83. The smallest absolute Gasteiger partial charge is 0.186 e. The van der Waals surface area contributed by atoms with Gasteiger partial charge < -0.3 is 104 Å². The third kappa shape index (κ3) is 12.3. The summed E-state index contributed by atoms with van der Waals surface area (Å²) < 4.78 is 47.2. The molecule has 0 aromatic carbocycles. The quantitative estimate of drug-likeness (QED) is 0.0768. The Bertz CT molecular complexity index is 1400. The van der Waals surface area contributed by atoms with Gasteiger partial charge in [0.1, 0.15) is 61.0 Å². The van der Waals surface area contributed by atoms with Crippen molar-refractivity contribution >= 4 is 0 Å². The number of hydrogen-bond acceptors (Lipinski definition) is 21. The summed E-state index contributed by atoms with van der Waals surface area (Å²) in [4.78, 5) is 1.94. The number of aliphatic hydroxyl groups excluding tert-OH is 10. The van der Waals surface area contributed by atoms with E-state index < -0.39 is 136 Å². The SMILES string of the molecule is C=C(CCC1O[C@@H]2OC3C(CO)O[C@H](OCCCCC1[C@H](O)C2O)C(O)[C@H]3O)NCN(CNC(=C)CCC1O[C@@H]2OC3C(CO)O[C@H](OCCCCC1[C@H](O)C2O)C(O)[C@H]3O)C(=C)C. The highest BCUT2D eigenvalue weighted by atomic mass is 16.7. The lowest BCUT2D eigenvalue weighted by Crippen LogP contribution is -2.63. The van der Waals surface area contributed by atoms with E-state index in [-0.39, 0.29) is 13.2 Å². The second kappa shape index (κ2) is 23.8. The molecule has 12 unspecified atom stereocenters. The zero-order valence-corrected chi connectivity index (χ0v) is 36.7. The van der Waals surface area contributed by atoms with Crippen molar-refractivity contribution in [2.75, 3.05) is 39.8 Å². The third-order valence-electron chi connectivity index (χ3n) is 13.4. The van der Waals surface area contributed by atoms with Crippen molar-refractivity contribution in [1.29, 1.82) is 0 Å². The van der Waals surface area contributed by atoms with Gasteiger partial charge in [0.25, 0.3) is 0 Å². The van der Waals surface area contributed by atoms with Crippen molar-refractivity contribution in [1.82, 2.24) is 15.5 Å². The summed E-state index contributed by atoms with van der Waals surface area (Å²) >= 11 is 0. The van der Waals surface area contributed by atoms with Crippen LogP contribution in [0, 0.1) is 11.8 Å². The first-order chi connectivity index (χ1) is 30.6. The molecule has 20 atom stereocenters. The lowest BCUT2D eigenvalue weighted by molar-refractivity contribution is -0.356. The minimum absolute atomic E-state index is 0.195. The van der Waals surface area contributed by atoms with Gasteiger partial charge in [0.05, 0.1) is 51.0 Å². The molecule has 21 heteroatoms. The minimum Gasteiger partial charge on any atom is -0.394 e. The van der Waals surface area contributed by atoms with Crippen molar-refractivity contribution in [3.63, 3.8) is 0 Å². The first kappa shape index (κ1) is 51.3. The third-order valence-corrected chi connectivity index (χ3v) is 13.4. The molecular weight excluding hydrogens is 846 g/mol. The van der Waals surface area contributed by atoms with Crippen LogP contribution < -0.4 is 10.6 Å². The average molecular weight is 920 g/mol. The van der Waals surface area contributed by atoms with Crippen LogP contribution in [0.25, 0.3) is 0 Å². The van der Waals surface area contributed by atoms with Gasteiger partial charge in [0.15, 0.2) is 25.2 Å². The molecule has 0 aliphatic carbocycles. The predicted octanol–water partition coefficient (Wildman–Crippen LogP) is -2.32.